The van der Waals surface area contributed by atoms with Gasteiger partial charge in [-0.25, -0.2) is 0 Å². The first-order valence-electron chi connectivity index (χ1n) is 12.2. The van der Waals surface area contributed by atoms with E-state index in [4.69, 9.17) is 42.8 Å². The Hall–Kier alpha value is -4.37. The lowest BCUT2D eigenvalue weighted by Crippen LogP contribution is -2.29. The van der Waals surface area contributed by atoms with Crippen molar-refractivity contribution in [2.45, 2.75) is 44.4 Å². The third kappa shape index (κ3) is 6.86. The number of carbonyl (C=O) groups excluding carboxylic acids is 1. The molecule has 0 aliphatic heterocycles. The van der Waals surface area contributed by atoms with Crippen LogP contribution in [-0.4, -0.2) is 29.7 Å². The maximum atomic E-state index is 11.5. The third-order valence-corrected chi connectivity index (χ3v) is 6.31. The van der Waals surface area contributed by atoms with E-state index in [9.17, 15) is 4.79 Å². The lowest BCUT2D eigenvalue weighted by atomic mass is 9.92. The summed E-state index contributed by atoms with van der Waals surface area (Å²) in [6, 6.07) is 19.6. The number of nitrogens with two attached hydrogens (primary N) is 4. The molecule has 0 aromatic heterocycles. The van der Waals surface area contributed by atoms with E-state index in [-0.39, 0.29) is 24.5 Å². The zero-order valence-electron chi connectivity index (χ0n) is 20.5. The molecule has 0 heterocycles. The van der Waals surface area contributed by atoms with Gasteiger partial charge in [0, 0.05) is 23.2 Å². The van der Waals surface area contributed by atoms with E-state index in [1.807, 2.05) is 18.2 Å². The smallest absolute Gasteiger partial charge is 0.248 e. The monoisotopic (exact) mass is 500 g/mol. The van der Waals surface area contributed by atoms with Crippen LogP contribution in [0.15, 0.2) is 71.7 Å². The number of ether oxygens (including phenoxy) is 2. The van der Waals surface area contributed by atoms with Crippen molar-refractivity contribution in [3.63, 3.8) is 0 Å². The number of amidine groups is 2. The fourth-order valence-electron chi connectivity index (χ4n) is 4.18. The van der Waals surface area contributed by atoms with E-state index in [1.54, 1.807) is 48.5 Å². The number of benzene rings is 3. The number of primary amides is 1. The second-order valence-corrected chi connectivity index (χ2v) is 9.13. The zero-order valence-corrected chi connectivity index (χ0v) is 20.5. The van der Waals surface area contributed by atoms with Crippen LogP contribution in [0.3, 0.4) is 0 Å². The first-order valence-corrected chi connectivity index (χ1v) is 12.2. The number of carbonyl (C=O) groups is 1. The highest BCUT2D eigenvalue weighted by molar-refractivity contribution is 6.00. The molecule has 9 heteroatoms. The summed E-state index contributed by atoms with van der Waals surface area (Å²) in [4.78, 5) is 16.3. The van der Waals surface area contributed by atoms with Crippen LogP contribution in [0.4, 0.5) is 0 Å². The molecule has 1 saturated carbocycles. The van der Waals surface area contributed by atoms with Crippen molar-refractivity contribution < 1.29 is 14.3 Å². The van der Waals surface area contributed by atoms with Crippen molar-refractivity contribution in [1.82, 2.24) is 0 Å². The molecule has 9 N–H and O–H groups in total. The number of nitrogen functional groups attached to an aromatic ring is 1. The highest BCUT2D eigenvalue weighted by atomic mass is 16.5. The number of hydrogen-bond acceptors (Lipinski definition) is 6. The molecule has 37 heavy (non-hydrogen) atoms. The Kier molecular flexibility index (Phi) is 8.05. The predicted octanol–water partition coefficient (Wildman–Crippen LogP) is 3.42. The summed E-state index contributed by atoms with van der Waals surface area (Å²) in [5, 5.41) is 7.56. The van der Waals surface area contributed by atoms with Gasteiger partial charge in [-0.2, -0.15) is 0 Å². The van der Waals surface area contributed by atoms with Crippen molar-refractivity contribution in [3.05, 3.63) is 89.0 Å². The van der Waals surface area contributed by atoms with Crippen LogP contribution in [0.25, 0.3) is 0 Å². The topological polar surface area (TPSA) is 176 Å². The second-order valence-electron chi connectivity index (χ2n) is 9.13. The normalized spacial score (nSPS) is 17.7. The number of aliphatic imine (C=N–C) groups is 1. The van der Waals surface area contributed by atoms with E-state index >= 15 is 0 Å². The average molecular weight is 501 g/mol. The maximum absolute atomic E-state index is 11.5. The molecular formula is C28H32N6O3. The Morgan fingerprint density at radius 1 is 0.892 bits per heavy atom. The average Bonchev–Trinajstić information content (AvgIpc) is 2.89. The van der Waals surface area contributed by atoms with Crippen molar-refractivity contribution >= 4 is 17.6 Å². The van der Waals surface area contributed by atoms with Gasteiger partial charge < -0.3 is 32.4 Å². The van der Waals surface area contributed by atoms with Gasteiger partial charge in [0.05, 0.1) is 11.6 Å². The predicted molar refractivity (Wildman–Crippen MR) is 144 cm³/mol. The Labute approximate surface area is 216 Å². The maximum Gasteiger partial charge on any atom is 0.248 e. The summed E-state index contributed by atoms with van der Waals surface area (Å²) >= 11 is 0. The number of hydrogen-bond donors (Lipinski definition) is 5. The molecule has 0 bridgehead atoms. The first kappa shape index (κ1) is 25.7. The summed E-state index contributed by atoms with van der Waals surface area (Å²) in [5.74, 6) is 1.34. The molecule has 0 saturated heterocycles. The Morgan fingerprint density at radius 3 is 2.27 bits per heavy atom. The Morgan fingerprint density at radius 2 is 1.59 bits per heavy atom. The van der Waals surface area contributed by atoms with Crippen LogP contribution in [0.1, 0.15) is 52.7 Å². The Balaban J connectivity index is 1.59. The van der Waals surface area contributed by atoms with Crippen LogP contribution < -0.4 is 32.4 Å². The van der Waals surface area contributed by atoms with Crippen molar-refractivity contribution in [3.8, 4) is 17.2 Å². The van der Waals surface area contributed by atoms with E-state index < -0.39 is 5.91 Å². The number of amides is 1. The Bertz CT molecular complexity index is 1300. The summed E-state index contributed by atoms with van der Waals surface area (Å²) in [6.45, 7) is 0.261. The lowest BCUT2D eigenvalue weighted by Gasteiger charge is -2.23. The van der Waals surface area contributed by atoms with Crippen LogP contribution in [0.2, 0.25) is 0 Å². The number of nitrogens with one attached hydrogen (secondary N) is 1. The van der Waals surface area contributed by atoms with E-state index in [0.717, 1.165) is 31.2 Å². The number of nitrogens with zero attached hydrogens (tertiary/aromatic N) is 1. The van der Waals surface area contributed by atoms with Crippen LogP contribution in [0, 0.1) is 5.41 Å². The van der Waals surface area contributed by atoms with Gasteiger partial charge in [-0.05, 0) is 61.6 Å². The van der Waals surface area contributed by atoms with Crippen LogP contribution >= 0.6 is 0 Å². The molecule has 1 fully saturated rings. The molecule has 1 aliphatic rings. The molecule has 0 radical (unpaired) electrons. The van der Waals surface area contributed by atoms with Gasteiger partial charge in [0.1, 0.15) is 35.5 Å². The molecule has 3 aromatic carbocycles. The first-order chi connectivity index (χ1) is 17.8. The lowest BCUT2D eigenvalue weighted by molar-refractivity contribution is 0.1000. The van der Waals surface area contributed by atoms with Gasteiger partial charge in [0.2, 0.25) is 5.91 Å². The summed E-state index contributed by atoms with van der Waals surface area (Å²) in [6.07, 6.45) is 3.66. The molecule has 9 nitrogen and oxygen atoms in total. The molecule has 4 rings (SSSR count). The highest BCUT2D eigenvalue weighted by Crippen LogP contribution is 2.30. The largest absolute Gasteiger partial charge is 0.488 e. The van der Waals surface area contributed by atoms with Gasteiger partial charge in [-0.3, -0.25) is 15.2 Å². The minimum absolute atomic E-state index is 0.00710. The fraction of sp³-hybridized carbons (Fsp3) is 0.250. The zero-order chi connectivity index (χ0) is 26.4. The van der Waals surface area contributed by atoms with E-state index in [2.05, 4.69) is 0 Å². The second kappa shape index (κ2) is 11.6. The molecule has 0 spiro atoms. The van der Waals surface area contributed by atoms with Gasteiger partial charge in [-0.15, -0.1) is 0 Å². The van der Waals surface area contributed by atoms with Gasteiger partial charge >= 0.3 is 0 Å². The van der Waals surface area contributed by atoms with Gasteiger partial charge in [0.25, 0.3) is 0 Å². The minimum Gasteiger partial charge on any atom is -0.488 e. The van der Waals surface area contributed by atoms with Crippen LogP contribution in [0.5, 0.6) is 17.2 Å². The van der Waals surface area contributed by atoms with E-state index in [1.165, 1.54) is 0 Å². The number of rotatable bonds is 9. The minimum atomic E-state index is -0.534. The molecule has 0 unspecified atom stereocenters. The highest BCUT2D eigenvalue weighted by Gasteiger charge is 2.19. The molecule has 3 aromatic rings. The summed E-state index contributed by atoms with van der Waals surface area (Å²) in [7, 11) is 0. The third-order valence-electron chi connectivity index (χ3n) is 6.31. The van der Waals surface area contributed by atoms with Crippen molar-refractivity contribution in [2.75, 3.05) is 0 Å². The van der Waals surface area contributed by atoms with Crippen molar-refractivity contribution in [1.29, 1.82) is 5.41 Å². The van der Waals surface area contributed by atoms with Crippen LogP contribution in [-0.2, 0) is 6.61 Å². The molecule has 1 amide bonds. The fourth-order valence-corrected chi connectivity index (χ4v) is 4.18. The van der Waals surface area contributed by atoms with Gasteiger partial charge in [0.15, 0.2) is 0 Å². The quantitative estimate of drug-likeness (QED) is 0.222. The molecule has 0 atom stereocenters. The SMILES string of the molecule is N=C(N)c1ccc(COc2cc(Oc3cccc(C(N)=O)c3)ccc2C(N)=NC2CCC(N)CC2)cc1. The standard InChI is InChI=1S/C28H32N6O3/c29-20-8-10-21(11-9-20)34-27(32)24-13-12-23(37-22-3-1-2-19(14-22)28(33)35)15-25(24)36-16-17-4-6-18(7-5-17)26(30)31/h1-7,12-15,20-21H,8-11,16,29H2,(H3,30,31)(H2,32,34)(H2,33,35). The molecule has 1 aliphatic carbocycles. The molecular weight excluding hydrogens is 468 g/mol. The summed E-state index contributed by atoms with van der Waals surface area (Å²) < 4.78 is 12.2. The van der Waals surface area contributed by atoms with Crippen molar-refractivity contribution in [2.24, 2.45) is 27.9 Å². The summed E-state index contributed by atoms with van der Waals surface area (Å²) in [5.41, 5.74) is 26.0. The van der Waals surface area contributed by atoms with E-state index in [0.29, 0.717) is 39.8 Å². The van der Waals surface area contributed by atoms with Gasteiger partial charge in [-0.1, -0.05) is 30.3 Å². The molecule has 192 valence electrons.